The lowest BCUT2D eigenvalue weighted by Crippen LogP contribution is -2.32. The highest BCUT2D eigenvalue weighted by atomic mass is 16.5. The van der Waals surface area contributed by atoms with Crippen LogP contribution >= 0.6 is 0 Å². The molecule has 0 saturated carbocycles. The van der Waals surface area contributed by atoms with Gasteiger partial charge in [0, 0.05) is 13.1 Å². The summed E-state index contributed by atoms with van der Waals surface area (Å²) in [5.41, 5.74) is 1.69. The number of likely N-dealkylation sites (N-methyl/N-ethyl adjacent to an activating group) is 1. The highest BCUT2D eigenvalue weighted by Gasteiger charge is 2.44. The van der Waals surface area contributed by atoms with E-state index in [4.69, 9.17) is 4.74 Å². The van der Waals surface area contributed by atoms with Crippen LogP contribution in [-0.4, -0.2) is 36.4 Å². The standard InChI is InChI=1S/C18H15N3O4/c1-20-16(11-5-3-2-4-6-11)17(23)21(18(20)24)12-7-8-13-14(9-12)25-10-15(22)19-13/h2-9,16H,10H2,1H3,(H,19,22). The number of rotatable bonds is 2. The molecule has 126 valence electrons. The van der Waals surface area contributed by atoms with Gasteiger partial charge in [-0.15, -0.1) is 0 Å². The van der Waals surface area contributed by atoms with Crippen LogP contribution in [0.5, 0.6) is 5.75 Å². The first-order valence-corrected chi connectivity index (χ1v) is 7.78. The molecule has 1 unspecified atom stereocenters. The van der Waals surface area contributed by atoms with Gasteiger partial charge in [0.05, 0.1) is 11.4 Å². The van der Waals surface area contributed by atoms with Crippen LogP contribution in [0.3, 0.4) is 0 Å². The number of carbonyl (C=O) groups excluding carboxylic acids is 3. The maximum absolute atomic E-state index is 12.9. The van der Waals surface area contributed by atoms with E-state index in [0.717, 1.165) is 10.5 Å². The zero-order chi connectivity index (χ0) is 17.6. The fourth-order valence-corrected chi connectivity index (χ4v) is 3.09. The van der Waals surface area contributed by atoms with Crippen molar-refractivity contribution in [2.45, 2.75) is 6.04 Å². The van der Waals surface area contributed by atoms with E-state index < -0.39 is 12.1 Å². The van der Waals surface area contributed by atoms with E-state index in [-0.39, 0.29) is 18.4 Å². The second-order valence-electron chi connectivity index (χ2n) is 5.90. The van der Waals surface area contributed by atoms with Crippen molar-refractivity contribution in [1.29, 1.82) is 0 Å². The molecular weight excluding hydrogens is 322 g/mol. The molecule has 1 N–H and O–H groups in total. The largest absolute Gasteiger partial charge is 0.482 e. The smallest absolute Gasteiger partial charge is 0.332 e. The van der Waals surface area contributed by atoms with E-state index in [9.17, 15) is 14.4 Å². The van der Waals surface area contributed by atoms with Crippen molar-refractivity contribution in [3.05, 3.63) is 54.1 Å². The number of hydrogen-bond acceptors (Lipinski definition) is 4. The molecule has 1 saturated heterocycles. The van der Waals surface area contributed by atoms with Gasteiger partial charge in [0.2, 0.25) is 0 Å². The normalized spacial score (nSPS) is 19.6. The quantitative estimate of drug-likeness (QED) is 0.852. The van der Waals surface area contributed by atoms with Crippen LogP contribution in [0, 0.1) is 0 Å². The summed E-state index contributed by atoms with van der Waals surface area (Å²) in [5, 5.41) is 2.68. The molecule has 0 bridgehead atoms. The number of ether oxygens (including phenoxy) is 1. The molecule has 7 nitrogen and oxygen atoms in total. The first-order valence-electron chi connectivity index (χ1n) is 7.78. The van der Waals surface area contributed by atoms with Crippen molar-refractivity contribution in [1.82, 2.24) is 4.90 Å². The van der Waals surface area contributed by atoms with Crippen LogP contribution in [0.2, 0.25) is 0 Å². The molecule has 2 aromatic carbocycles. The minimum Gasteiger partial charge on any atom is -0.482 e. The Morgan fingerprint density at radius 1 is 1.08 bits per heavy atom. The molecule has 1 fully saturated rings. The van der Waals surface area contributed by atoms with Crippen LogP contribution in [0.1, 0.15) is 11.6 Å². The summed E-state index contributed by atoms with van der Waals surface area (Å²) in [4.78, 5) is 39.4. The number of imide groups is 1. The molecule has 0 radical (unpaired) electrons. The molecule has 2 aliphatic rings. The van der Waals surface area contributed by atoms with E-state index in [2.05, 4.69) is 5.32 Å². The van der Waals surface area contributed by atoms with Crippen molar-refractivity contribution < 1.29 is 19.1 Å². The Labute approximate surface area is 143 Å². The molecule has 2 heterocycles. The highest BCUT2D eigenvalue weighted by Crippen LogP contribution is 2.37. The minimum atomic E-state index is -0.662. The predicted octanol–water partition coefficient (Wildman–Crippen LogP) is 2.16. The Balaban J connectivity index is 1.70. The lowest BCUT2D eigenvalue weighted by atomic mass is 10.1. The number of anilines is 2. The summed E-state index contributed by atoms with van der Waals surface area (Å²) in [5.74, 6) is -0.126. The van der Waals surface area contributed by atoms with Gasteiger partial charge >= 0.3 is 6.03 Å². The number of urea groups is 1. The van der Waals surface area contributed by atoms with Gasteiger partial charge < -0.3 is 15.0 Å². The summed E-state index contributed by atoms with van der Waals surface area (Å²) in [6.07, 6.45) is 0. The van der Waals surface area contributed by atoms with Gasteiger partial charge in [-0.25, -0.2) is 9.69 Å². The Bertz CT molecular complexity index is 881. The zero-order valence-electron chi connectivity index (χ0n) is 13.4. The van der Waals surface area contributed by atoms with E-state index in [1.54, 1.807) is 25.2 Å². The van der Waals surface area contributed by atoms with Crippen molar-refractivity contribution in [2.75, 3.05) is 23.9 Å². The zero-order valence-corrected chi connectivity index (χ0v) is 13.4. The lowest BCUT2D eigenvalue weighted by molar-refractivity contribution is -0.120. The molecule has 2 aliphatic heterocycles. The highest BCUT2D eigenvalue weighted by molar-refractivity contribution is 6.21. The maximum atomic E-state index is 12.9. The number of benzene rings is 2. The molecule has 1 atom stereocenters. The van der Waals surface area contributed by atoms with Crippen molar-refractivity contribution in [2.24, 2.45) is 0 Å². The van der Waals surface area contributed by atoms with Crippen LogP contribution in [0.4, 0.5) is 16.2 Å². The van der Waals surface area contributed by atoms with Gasteiger partial charge in [-0.05, 0) is 17.7 Å². The first kappa shape index (κ1) is 15.2. The summed E-state index contributed by atoms with van der Waals surface area (Å²) in [6.45, 7) is -0.0924. The SMILES string of the molecule is CN1C(=O)N(c2ccc3c(c2)OCC(=O)N3)C(=O)C1c1ccccc1. The molecule has 0 spiro atoms. The number of carbonyl (C=O) groups is 3. The summed E-state index contributed by atoms with van der Waals surface area (Å²) < 4.78 is 5.37. The number of nitrogens with zero attached hydrogens (tertiary/aromatic N) is 2. The van der Waals surface area contributed by atoms with Gasteiger partial charge in [-0.2, -0.15) is 0 Å². The predicted molar refractivity (Wildman–Crippen MR) is 90.4 cm³/mol. The van der Waals surface area contributed by atoms with Crippen molar-refractivity contribution in [3.8, 4) is 5.75 Å². The topological polar surface area (TPSA) is 79.0 Å². The third kappa shape index (κ3) is 2.40. The first-order chi connectivity index (χ1) is 12.1. The molecule has 2 aromatic rings. The Kier molecular flexibility index (Phi) is 3.42. The Morgan fingerprint density at radius 2 is 1.84 bits per heavy atom. The molecule has 4 amide bonds. The molecule has 4 rings (SSSR count). The maximum Gasteiger partial charge on any atom is 0.332 e. The molecule has 0 aromatic heterocycles. The number of amides is 4. The second kappa shape index (κ2) is 5.62. The lowest BCUT2D eigenvalue weighted by Gasteiger charge is -2.20. The molecular formula is C18H15N3O4. The third-order valence-corrected chi connectivity index (χ3v) is 4.31. The Hall–Kier alpha value is -3.35. The monoisotopic (exact) mass is 337 g/mol. The van der Waals surface area contributed by atoms with Crippen molar-refractivity contribution in [3.63, 3.8) is 0 Å². The van der Waals surface area contributed by atoms with E-state index in [0.29, 0.717) is 17.1 Å². The van der Waals surface area contributed by atoms with E-state index >= 15 is 0 Å². The molecule has 7 heteroatoms. The average molecular weight is 337 g/mol. The van der Waals surface area contributed by atoms with Gasteiger partial charge in [0.1, 0.15) is 11.8 Å². The van der Waals surface area contributed by atoms with Crippen LogP contribution in [0.15, 0.2) is 48.5 Å². The van der Waals surface area contributed by atoms with Gasteiger partial charge in [0.15, 0.2) is 6.61 Å². The minimum absolute atomic E-state index is 0.0924. The summed E-state index contributed by atoms with van der Waals surface area (Å²) in [7, 11) is 1.60. The van der Waals surface area contributed by atoms with Crippen molar-refractivity contribution >= 4 is 29.2 Å². The third-order valence-electron chi connectivity index (χ3n) is 4.31. The van der Waals surface area contributed by atoms with Crippen LogP contribution in [-0.2, 0) is 9.59 Å². The fourth-order valence-electron chi connectivity index (χ4n) is 3.09. The van der Waals surface area contributed by atoms with Gasteiger partial charge in [0.25, 0.3) is 11.8 Å². The molecule has 0 aliphatic carbocycles. The van der Waals surface area contributed by atoms with Crippen LogP contribution < -0.4 is 15.0 Å². The fraction of sp³-hybridized carbons (Fsp3) is 0.167. The number of hydrogen-bond donors (Lipinski definition) is 1. The van der Waals surface area contributed by atoms with Gasteiger partial charge in [-0.1, -0.05) is 30.3 Å². The Morgan fingerprint density at radius 3 is 2.60 bits per heavy atom. The van der Waals surface area contributed by atoms with E-state index in [1.807, 2.05) is 30.3 Å². The molecule has 25 heavy (non-hydrogen) atoms. The number of nitrogens with one attached hydrogen (secondary N) is 1. The number of fused-ring (bicyclic) bond motifs is 1. The van der Waals surface area contributed by atoms with E-state index in [1.165, 1.54) is 4.90 Å². The summed E-state index contributed by atoms with van der Waals surface area (Å²) >= 11 is 0. The van der Waals surface area contributed by atoms with Crippen LogP contribution in [0.25, 0.3) is 0 Å². The average Bonchev–Trinajstić information content (AvgIpc) is 2.84. The van der Waals surface area contributed by atoms with Gasteiger partial charge in [-0.3, -0.25) is 9.59 Å². The second-order valence-corrected chi connectivity index (χ2v) is 5.90. The summed E-state index contributed by atoms with van der Waals surface area (Å²) in [6, 6.07) is 12.9.